The summed E-state index contributed by atoms with van der Waals surface area (Å²) in [7, 11) is 0. The standard InChI is InChI=1S/C10H21N3O2S/c1-10(2,6-8(12)14)13-9(15)7(11)4-5-16-3/h7H,4-6,11H2,1-3H3,(H2,12,14)(H,13,15)/t7-/m0/s1. The maximum absolute atomic E-state index is 11.6. The molecule has 0 unspecified atom stereocenters. The van der Waals surface area contributed by atoms with E-state index >= 15 is 0 Å². The molecule has 0 spiro atoms. The molecule has 0 saturated carbocycles. The Morgan fingerprint density at radius 1 is 1.44 bits per heavy atom. The third kappa shape index (κ3) is 6.68. The first-order valence-corrected chi connectivity index (χ1v) is 6.53. The van der Waals surface area contributed by atoms with E-state index in [-0.39, 0.29) is 12.3 Å². The summed E-state index contributed by atoms with van der Waals surface area (Å²) in [4.78, 5) is 22.4. The van der Waals surface area contributed by atoms with E-state index in [1.165, 1.54) is 0 Å². The summed E-state index contributed by atoms with van der Waals surface area (Å²) in [5.41, 5.74) is 10.1. The topological polar surface area (TPSA) is 98.2 Å². The van der Waals surface area contributed by atoms with Crippen LogP contribution in [0.15, 0.2) is 0 Å². The molecule has 0 aliphatic rings. The second-order valence-corrected chi connectivity index (χ2v) is 5.39. The fourth-order valence-corrected chi connectivity index (χ4v) is 1.77. The Morgan fingerprint density at radius 3 is 2.44 bits per heavy atom. The fraction of sp³-hybridized carbons (Fsp3) is 0.800. The molecule has 0 saturated heterocycles. The van der Waals surface area contributed by atoms with Crippen LogP contribution < -0.4 is 16.8 Å². The van der Waals surface area contributed by atoms with Crippen LogP contribution in [0.2, 0.25) is 0 Å². The highest BCUT2D eigenvalue weighted by atomic mass is 32.2. The van der Waals surface area contributed by atoms with Gasteiger partial charge in [-0.1, -0.05) is 0 Å². The molecule has 5 N–H and O–H groups in total. The maximum atomic E-state index is 11.6. The van der Waals surface area contributed by atoms with Crippen molar-refractivity contribution in [3.8, 4) is 0 Å². The molecule has 6 heteroatoms. The van der Waals surface area contributed by atoms with Gasteiger partial charge in [-0.15, -0.1) is 0 Å². The number of primary amides is 1. The van der Waals surface area contributed by atoms with Crippen molar-refractivity contribution >= 4 is 23.6 Å². The quantitative estimate of drug-likeness (QED) is 0.582. The van der Waals surface area contributed by atoms with Crippen LogP contribution in [0.25, 0.3) is 0 Å². The van der Waals surface area contributed by atoms with Crippen molar-refractivity contribution in [1.29, 1.82) is 0 Å². The Labute approximate surface area is 101 Å². The van der Waals surface area contributed by atoms with Gasteiger partial charge < -0.3 is 16.8 Å². The molecule has 0 aromatic rings. The summed E-state index contributed by atoms with van der Waals surface area (Å²) in [5, 5.41) is 2.72. The van der Waals surface area contributed by atoms with Crippen molar-refractivity contribution in [3.05, 3.63) is 0 Å². The van der Waals surface area contributed by atoms with Crippen molar-refractivity contribution in [2.75, 3.05) is 12.0 Å². The van der Waals surface area contributed by atoms with Crippen LogP contribution in [-0.4, -0.2) is 35.4 Å². The summed E-state index contributed by atoms with van der Waals surface area (Å²) in [6.07, 6.45) is 2.69. The number of nitrogens with two attached hydrogens (primary N) is 2. The first kappa shape index (κ1) is 15.2. The molecule has 0 aromatic heterocycles. The third-order valence-electron chi connectivity index (χ3n) is 2.05. The Hall–Kier alpha value is -0.750. The number of amides is 2. The van der Waals surface area contributed by atoms with Crippen LogP contribution in [-0.2, 0) is 9.59 Å². The maximum Gasteiger partial charge on any atom is 0.237 e. The molecule has 1 atom stereocenters. The van der Waals surface area contributed by atoms with Crippen LogP contribution in [0, 0.1) is 0 Å². The van der Waals surface area contributed by atoms with Crippen molar-refractivity contribution in [2.45, 2.75) is 38.3 Å². The predicted octanol–water partition coefficient (Wildman–Crippen LogP) is -0.163. The van der Waals surface area contributed by atoms with Gasteiger partial charge in [0.25, 0.3) is 0 Å². The van der Waals surface area contributed by atoms with Gasteiger partial charge in [-0.05, 0) is 32.3 Å². The molecule has 0 rings (SSSR count). The second kappa shape index (κ2) is 6.75. The Kier molecular flexibility index (Phi) is 6.43. The Morgan fingerprint density at radius 2 is 2.00 bits per heavy atom. The largest absolute Gasteiger partial charge is 0.370 e. The molecule has 0 bridgehead atoms. The highest BCUT2D eigenvalue weighted by Crippen LogP contribution is 2.08. The number of hydrogen-bond donors (Lipinski definition) is 3. The van der Waals surface area contributed by atoms with Crippen LogP contribution in [0.5, 0.6) is 0 Å². The van der Waals surface area contributed by atoms with Crippen molar-refractivity contribution in [2.24, 2.45) is 11.5 Å². The smallest absolute Gasteiger partial charge is 0.237 e. The number of carbonyl (C=O) groups excluding carboxylic acids is 2. The first-order chi connectivity index (χ1) is 7.28. The fourth-order valence-electron chi connectivity index (χ4n) is 1.28. The van der Waals surface area contributed by atoms with Crippen LogP contribution in [0.4, 0.5) is 0 Å². The predicted molar refractivity (Wildman–Crippen MR) is 67.0 cm³/mol. The number of nitrogens with one attached hydrogen (secondary N) is 1. The van der Waals surface area contributed by atoms with E-state index in [0.29, 0.717) is 6.42 Å². The Bertz CT molecular complexity index is 256. The molecular weight excluding hydrogens is 226 g/mol. The molecule has 94 valence electrons. The summed E-state index contributed by atoms with van der Waals surface area (Å²) in [6.45, 7) is 3.49. The van der Waals surface area contributed by atoms with Crippen molar-refractivity contribution in [3.63, 3.8) is 0 Å². The van der Waals surface area contributed by atoms with Crippen molar-refractivity contribution < 1.29 is 9.59 Å². The third-order valence-corrected chi connectivity index (χ3v) is 2.69. The minimum absolute atomic E-state index is 0.105. The Balaban J connectivity index is 4.15. The van der Waals surface area contributed by atoms with Crippen LogP contribution in [0.1, 0.15) is 26.7 Å². The van der Waals surface area contributed by atoms with Gasteiger partial charge in [0, 0.05) is 12.0 Å². The minimum Gasteiger partial charge on any atom is -0.370 e. The zero-order chi connectivity index (χ0) is 12.8. The zero-order valence-corrected chi connectivity index (χ0v) is 10.9. The molecule has 0 fully saturated rings. The molecule has 0 aliphatic heterocycles. The highest BCUT2D eigenvalue weighted by molar-refractivity contribution is 7.98. The summed E-state index contributed by atoms with van der Waals surface area (Å²) >= 11 is 1.64. The average Bonchev–Trinajstić information content (AvgIpc) is 2.10. The lowest BCUT2D eigenvalue weighted by Gasteiger charge is -2.26. The van der Waals surface area contributed by atoms with E-state index in [0.717, 1.165) is 5.75 Å². The molecule has 0 aromatic carbocycles. The van der Waals surface area contributed by atoms with Gasteiger partial charge in [0.15, 0.2) is 0 Å². The van der Waals surface area contributed by atoms with Crippen LogP contribution in [0.3, 0.4) is 0 Å². The molecule has 16 heavy (non-hydrogen) atoms. The van der Waals surface area contributed by atoms with E-state index in [2.05, 4.69) is 5.32 Å². The van der Waals surface area contributed by atoms with E-state index in [1.807, 2.05) is 6.26 Å². The van der Waals surface area contributed by atoms with Crippen molar-refractivity contribution in [1.82, 2.24) is 5.32 Å². The van der Waals surface area contributed by atoms with Gasteiger partial charge >= 0.3 is 0 Å². The van der Waals surface area contributed by atoms with Gasteiger partial charge in [0.1, 0.15) is 0 Å². The van der Waals surface area contributed by atoms with Crippen LogP contribution >= 0.6 is 11.8 Å². The monoisotopic (exact) mass is 247 g/mol. The lowest BCUT2D eigenvalue weighted by atomic mass is 9.99. The van der Waals surface area contributed by atoms with Gasteiger partial charge in [-0.2, -0.15) is 11.8 Å². The molecule has 0 radical (unpaired) electrons. The first-order valence-electron chi connectivity index (χ1n) is 5.13. The normalized spacial score (nSPS) is 13.2. The van der Waals surface area contributed by atoms with E-state index in [4.69, 9.17) is 11.5 Å². The number of rotatable bonds is 7. The van der Waals surface area contributed by atoms with Gasteiger partial charge in [-0.3, -0.25) is 9.59 Å². The summed E-state index contributed by atoms with van der Waals surface area (Å²) in [6, 6.07) is -0.528. The summed E-state index contributed by atoms with van der Waals surface area (Å²) < 4.78 is 0. The number of thioether (sulfide) groups is 1. The molecule has 5 nitrogen and oxygen atoms in total. The summed E-state index contributed by atoms with van der Waals surface area (Å²) in [5.74, 6) is 0.161. The number of hydrogen-bond acceptors (Lipinski definition) is 4. The molecule has 2 amide bonds. The lowest BCUT2D eigenvalue weighted by molar-refractivity contribution is -0.125. The van der Waals surface area contributed by atoms with E-state index in [9.17, 15) is 9.59 Å². The molecular formula is C10H21N3O2S. The molecule has 0 aliphatic carbocycles. The molecule has 0 heterocycles. The van der Waals surface area contributed by atoms with E-state index in [1.54, 1.807) is 25.6 Å². The SMILES string of the molecule is CSCC[C@H](N)C(=O)NC(C)(C)CC(N)=O. The highest BCUT2D eigenvalue weighted by Gasteiger charge is 2.25. The van der Waals surface area contributed by atoms with Gasteiger partial charge in [0.05, 0.1) is 6.04 Å². The van der Waals surface area contributed by atoms with Gasteiger partial charge in [-0.25, -0.2) is 0 Å². The van der Waals surface area contributed by atoms with Gasteiger partial charge in [0.2, 0.25) is 11.8 Å². The van der Waals surface area contributed by atoms with E-state index < -0.39 is 17.5 Å². The number of carbonyl (C=O) groups is 2. The zero-order valence-electron chi connectivity index (χ0n) is 10.1. The lowest BCUT2D eigenvalue weighted by Crippen LogP contribution is -2.52. The minimum atomic E-state index is -0.639. The second-order valence-electron chi connectivity index (χ2n) is 4.40. The average molecular weight is 247 g/mol.